The molecule has 2 nitrogen and oxygen atoms in total. The number of hydrogen-bond acceptors (Lipinski definition) is 2. The molecule has 0 spiro atoms. The maximum Gasteiger partial charge on any atom is 0.0546 e. The van der Waals surface area contributed by atoms with E-state index in [2.05, 4.69) is 204 Å². The van der Waals surface area contributed by atoms with Gasteiger partial charge in [0.1, 0.15) is 0 Å². The van der Waals surface area contributed by atoms with Crippen molar-refractivity contribution in [3.63, 3.8) is 0 Å². The molecule has 0 N–H and O–H groups in total. The largest absolute Gasteiger partial charge is 0.310 e. The first-order valence-electron chi connectivity index (χ1n) is 20.8. The highest BCUT2D eigenvalue weighted by atomic mass is 15.2. The quantitative estimate of drug-likeness (QED) is 0.156. The summed E-state index contributed by atoms with van der Waals surface area (Å²) in [6.07, 6.45) is 0. The summed E-state index contributed by atoms with van der Waals surface area (Å²) in [6.45, 7) is 31.4. The van der Waals surface area contributed by atoms with Gasteiger partial charge >= 0.3 is 0 Å². The van der Waals surface area contributed by atoms with Gasteiger partial charge in [0.15, 0.2) is 0 Å². The lowest BCUT2D eigenvalue weighted by Gasteiger charge is -2.31. The molecule has 0 radical (unpaired) electrons. The molecule has 8 aromatic rings. The first-order chi connectivity index (χ1) is 27.5. The van der Waals surface area contributed by atoms with Gasteiger partial charge in [-0.25, -0.2) is 0 Å². The Bertz CT molecular complexity index is 2580. The SMILES string of the molecule is Cc1ccc2c(N(c3cc(C)c(C)c(C)c3)c3cc(C)c(C)c(C)c3)cc3c4cc(C)ccc4c(N(c4cc(C)c(C)c(C)c4)c4cc(C)c(C)c(C)c4)cc3c2c1. The van der Waals surface area contributed by atoms with Crippen molar-refractivity contribution in [1.82, 2.24) is 0 Å². The summed E-state index contributed by atoms with van der Waals surface area (Å²) in [5.74, 6) is 0. The molecule has 0 atom stereocenters. The average Bonchev–Trinajstić information content (AvgIpc) is 3.17. The van der Waals surface area contributed by atoms with Gasteiger partial charge in [-0.15, -0.1) is 0 Å². The van der Waals surface area contributed by atoms with Gasteiger partial charge in [-0.1, -0.05) is 47.5 Å². The molecule has 2 heteroatoms. The highest BCUT2D eigenvalue weighted by Crippen LogP contribution is 2.49. The lowest BCUT2D eigenvalue weighted by Crippen LogP contribution is -2.14. The van der Waals surface area contributed by atoms with Crippen LogP contribution in [0.4, 0.5) is 34.1 Å². The van der Waals surface area contributed by atoms with Gasteiger partial charge < -0.3 is 9.80 Å². The third-order valence-corrected chi connectivity index (χ3v) is 13.5. The molecule has 0 unspecified atom stereocenters. The van der Waals surface area contributed by atoms with Gasteiger partial charge in [0, 0.05) is 33.5 Å². The summed E-state index contributed by atoms with van der Waals surface area (Å²) in [6, 6.07) is 38.0. The zero-order valence-electron chi connectivity index (χ0n) is 37.1. The Morgan fingerprint density at radius 2 is 0.466 bits per heavy atom. The predicted molar refractivity (Wildman–Crippen MR) is 255 cm³/mol. The van der Waals surface area contributed by atoms with Crippen LogP contribution >= 0.6 is 0 Å². The molecule has 0 aromatic heterocycles. The fraction of sp³-hybridized carbons (Fsp3) is 0.250. The third-order valence-electron chi connectivity index (χ3n) is 13.5. The van der Waals surface area contributed by atoms with Crippen LogP contribution in [0.5, 0.6) is 0 Å². The minimum absolute atomic E-state index is 1.18. The number of rotatable bonds is 6. The molecule has 0 aliphatic carbocycles. The standard InChI is InChI=1S/C56H58N2/c1-31-15-17-49-51(19-31)53-29-56(58(47-25-37(7)43(13)38(8)26-47)48-27-39(9)44(14)40(10)28-48)50-18-16-32(2)20-52(50)54(53)30-55(49)57(45-21-33(3)41(11)34(4)22-45)46-23-35(5)42(12)36(6)24-46/h15-30H,1-14H3. The average molecular weight is 759 g/mol. The van der Waals surface area contributed by atoms with Gasteiger partial charge in [0.25, 0.3) is 0 Å². The number of aryl methyl sites for hydroxylation is 10. The summed E-state index contributed by atoms with van der Waals surface area (Å²) < 4.78 is 0. The van der Waals surface area contributed by atoms with Gasteiger partial charge in [-0.05, 0) is 246 Å². The zero-order chi connectivity index (χ0) is 41.5. The molecule has 0 heterocycles. The van der Waals surface area contributed by atoms with E-state index in [1.54, 1.807) is 0 Å². The van der Waals surface area contributed by atoms with E-state index in [9.17, 15) is 0 Å². The molecular weight excluding hydrogens is 701 g/mol. The Labute approximate surface area is 346 Å². The van der Waals surface area contributed by atoms with Crippen LogP contribution in [-0.4, -0.2) is 0 Å². The Kier molecular flexibility index (Phi) is 9.75. The minimum atomic E-state index is 1.18. The molecule has 0 fully saturated rings. The maximum absolute atomic E-state index is 2.52. The van der Waals surface area contributed by atoms with Crippen LogP contribution in [0.15, 0.2) is 97.1 Å². The van der Waals surface area contributed by atoms with E-state index in [1.165, 1.54) is 144 Å². The van der Waals surface area contributed by atoms with Crippen molar-refractivity contribution in [2.24, 2.45) is 0 Å². The highest BCUT2D eigenvalue weighted by Gasteiger charge is 2.24. The molecule has 0 aliphatic heterocycles. The molecule has 292 valence electrons. The molecule has 0 bridgehead atoms. The van der Waals surface area contributed by atoms with Crippen molar-refractivity contribution in [3.8, 4) is 0 Å². The second-order valence-corrected chi connectivity index (χ2v) is 17.5. The van der Waals surface area contributed by atoms with Crippen molar-refractivity contribution >= 4 is 66.4 Å². The van der Waals surface area contributed by atoms with E-state index in [4.69, 9.17) is 0 Å². The van der Waals surface area contributed by atoms with Crippen LogP contribution in [0.1, 0.15) is 77.9 Å². The number of benzene rings is 8. The summed E-state index contributed by atoms with van der Waals surface area (Å²) >= 11 is 0. The van der Waals surface area contributed by atoms with Gasteiger partial charge in [0.05, 0.1) is 11.4 Å². The van der Waals surface area contributed by atoms with Gasteiger partial charge in [-0.2, -0.15) is 0 Å². The number of anilines is 6. The lowest BCUT2D eigenvalue weighted by atomic mass is 9.91. The molecule has 0 saturated heterocycles. The van der Waals surface area contributed by atoms with Gasteiger partial charge in [-0.3, -0.25) is 0 Å². The lowest BCUT2D eigenvalue weighted by molar-refractivity contribution is 1.19. The fourth-order valence-corrected chi connectivity index (χ4v) is 9.03. The Balaban J connectivity index is 1.53. The summed E-state index contributed by atoms with van der Waals surface area (Å²) in [5, 5.41) is 7.51. The third kappa shape index (κ3) is 6.53. The summed E-state index contributed by atoms with van der Waals surface area (Å²) in [5.41, 5.74) is 25.4. The molecule has 8 aromatic carbocycles. The summed E-state index contributed by atoms with van der Waals surface area (Å²) in [7, 11) is 0. The van der Waals surface area contributed by atoms with E-state index in [0.717, 1.165) is 0 Å². The van der Waals surface area contributed by atoms with Crippen LogP contribution in [0.3, 0.4) is 0 Å². The predicted octanol–water partition coefficient (Wildman–Crippen LogP) is 16.4. The monoisotopic (exact) mass is 758 g/mol. The maximum atomic E-state index is 2.52. The Morgan fingerprint density at radius 1 is 0.241 bits per heavy atom. The van der Waals surface area contributed by atoms with Crippen molar-refractivity contribution in [1.29, 1.82) is 0 Å². The van der Waals surface area contributed by atoms with E-state index < -0.39 is 0 Å². The number of nitrogens with zero attached hydrogens (tertiary/aromatic N) is 2. The molecule has 58 heavy (non-hydrogen) atoms. The normalized spacial score (nSPS) is 11.6. The molecular formula is C56H58N2. The highest BCUT2D eigenvalue weighted by molar-refractivity contribution is 6.24. The Hall–Kier alpha value is -5.86. The first kappa shape index (κ1) is 39.0. The van der Waals surface area contributed by atoms with E-state index in [0.29, 0.717) is 0 Å². The second-order valence-electron chi connectivity index (χ2n) is 17.5. The van der Waals surface area contributed by atoms with E-state index in [1.807, 2.05) is 0 Å². The van der Waals surface area contributed by atoms with Crippen LogP contribution in [0.2, 0.25) is 0 Å². The van der Waals surface area contributed by atoms with Crippen molar-refractivity contribution < 1.29 is 0 Å². The number of fused-ring (bicyclic) bond motifs is 5. The number of hydrogen-bond donors (Lipinski definition) is 0. The second kappa shape index (κ2) is 14.5. The molecule has 0 amide bonds. The molecule has 0 aliphatic rings. The summed E-state index contributed by atoms with van der Waals surface area (Å²) in [4.78, 5) is 5.04. The van der Waals surface area contributed by atoms with Gasteiger partial charge in [0.2, 0.25) is 0 Å². The molecule has 8 rings (SSSR count). The van der Waals surface area contributed by atoms with Crippen LogP contribution in [-0.2, 0) is 0 Å². The topological polar surface area (TPSA) is 6.48 Å². The zero-order valence-corrected chi connectivity index (χ0v) is 37.1. The Morgan fingerprint density at radius 3 is 0.707 bits per heavy atom. The fourth-order valence-electron chi connectivity index (χ4n) is 9.03. The smallest absolute Gasteiger partial charge is 0.0546 e. The van der Waals surface area contributed by atoms with Crippen LogP contribution in [0, 0.1) is 96.9 Å². The molecule has 0 saturated carbocycles. The van der Waals surface area contributed by atoms with Crippen molar-refractivity contribution in [3.05, 3.63) is 175 Å². The first-order valence-corrected chi connectivity index (χ1v) is 20.8. The van der Waals surface area contributed by atoms with Crippen molar-refractivity contribution in [2.75, 3.05) is 9.80 Å². The van der Waals surface area contributed by atoms with Crippen LogP contribution < -0.4 is 9.80 Å². The van der Waals surface area contributed by atoms with Crippen molar-refractivity contribution in [2.45, 2.75) is 96.9 Å². The van der Waals surface area contributed by atoms with E-state index >= 15 is 0 Å². The minimum Gasteiger partial charge on any atom is -0.310 e. The van der Waals surface area contributed by atoms with Crippen LogP contribution in [0.25, 0.3) is 32.3 Å². The van der Waals surface area contributed by atoms with E-state index in [-0.39, 0.29) is 0 Å².